The van der Waals surface area contributed by atoms with E-state index in [0.29, 0.717) is 35.2 Å². The molecule has 0 aliphatic carbocycles. The molecule has 2 amide bonds. The number of halogens is 1. The molecule has 0 bridgehead atoms. The topological polar surface area (TPSA) is 67.9 Å². The second-order valence-electron chi connectivity index (χ2n) is 7.70. The van der Waals surface area contributed by atoms with Crippen LogP contribution in [0.25, 0.3) is 0 Å². The van der Waals surface area contributed by atoms with Crippen LogP contribution in [0.2, 0.25) is 5.02 Å². The molecule has 0 radical (unpaired) electrons. The van der Waals surface area contributed by atoms with Crippen molar-refractivity contribution < 1.29 is 19.1 Å². The molecule has 160 valence electrons. The van der Waals surface area contributed by atoms with E-state index in [1.807, 2.05) is 32.0 Å². The molecule has 6 nitrogen and oxygen atoms in total. The molecule has 3 rings (SSSR count). The lowest BCUT2D eigenvalue weighted by molar-refractivity contribution is -0.125. The van der Waals surface area contributed by atoms with Crippen molar-refractivity contribution in [3.05, 3.63) is 58.6 Å². The SMILES string of the molecule is COc1ccc(OC)c([C@@H]2CN(C(=O)c3cccc(Cl)c3)C[C@H]2C(=O)NC(C)C)c1. The molecular formula is C23H27ClN2O4. The second kappa shape index (κ2) is 9.39. The van der Waals surface area contributed by atoms with Crippen molar-refractivity contribution in [2.24, 2.45) is 5.92 Å². The van der Waals surface area contributed by atoms with Crippen molar-refractivity contribution in [2.45, 2.75) is 25.8 Å². The van der Waals surface area contributed by atoms with Crippen LogP contribution in [0.3, 0.4) is 0 Å². The van der Waals surface area contributed by atoms with E-state index in [2.05, 4.69) is 5.32 Å². The second-order valence-corrected chi connectivity index (χ2v) is 8.14. The van der Waals surface area contributed by atoms with Gasteiger partial charge in [0.05, 0.1) is 20.1 Å². The number of likely N-dealkylation sites (tertiary alicyclic amines) is 1. The van der Waals surface area contributed by atoms with Crippen molar-refractivity contribution >= 4 is 23.4 Å². The molecule has 1 aliphatic rings. The highest BCUT2D eigenvalue weighted by atomic mass is 35.5. The highest BCUT2D eigenvalue weighted by molar-refractivity contribution is 6.30. The van der Waals surface area contributed by atoms with Crippen molar-refractivity contribution in [3.8, 4) is 11.5 Å². The number of hydrogen-bond acceptors (Lipinski definition) is 4. The summed E-state index contributed by atoms with van der Waals surface area (Å²) in [6.45, 7) is 4.55. The van der Waals surface area contributed by atoms with Crippen LogP contribution in [0.1, 0.15) is 35.7 Å². The van der Waals surface area contributed by atoms with Crippen LogP contribution in [0.15, 0.2) is 42.5 Å². The van der Waals surface area contributed by atoms with Gasteiger partial charge in [0.1, 0.15) is 11.5 Å². The van der Waals surface area contributed by atoms with Gasteiger partial charge in [-0.25, -0.2) is 0 Å². The van der Waals surface area contributed by atoms with Crippen LogP contribution in [-0.2, 0) is 4.79 Å². The standard InChI is InChI=1S/C23H27ClN2O4/c1-14(2)25-22(27)20-13-26(23(28)15-6-5-7-16(24)10-15)12-19(20)18-11-17(29-3)8-9-21(18)30-4/h5-11,14,19-20H,12-13H2,1-4H3,(H,25,27)/t19-,20+/m0/s1. The van der Waals surface area contributed by atoms with Gasteiger partial charge in [-0.1, -0.05) is 17.7 Å². The van der Waals surface area contributed by atoms with Crippen molar-refractivity contribution in [1.82, 2.24) is 10.2 Å². The molecule has 2 atom stereocenters. The van der Waals surface area contributed by atoms with Crippen molar-refractivity contribution in [3.63, 3.8) is 0 Å². The zero-order valence-corrected chi connectivity index (χ0v) is 18.4. The van der Waals surface area contributed by atoms with E-state index in [-0.39, 0.29) is 23.8 Å². The Balaban J connectivity index is 1.97. The summed E-state index contributed by atoms with van der Waals surface area (Å²) in [5, 5.41) is 3.49. The highest BCUT2D eigenvalue weighted by Crippen LogP contribution is 2.40. The zero-order valence-electron chi connectivity index (χ0n) is 17.6. The molecule has 0 saturated carbocycles. The van der Waals surface area contributed by atoms with Crippen LogP contribution in [-0.4, -0.2) is 50.1 Å². The third-order valence-electron chi connectivity index (χ3n) is 5.28. The minimum Gasteiger partial charge on any atom is -0.497 e. The molecule has 0 aromatic heterocycles. The first-order chi connectivity index (χ1) is 14.3. The Labute approximate surface area is 182 Å². The van der Waals surface area contributed by atoms with Crippen LogP contribution in [0.5, 0.6) is 11.5 Å². The van der Waals surface area contributed by atoms with Gasteiger partial charge < -0.3 is 19.7 Å². The molecular weight excluding hydrogens is 404 g/mol. The Morgan fingerprint density at radius 1 is 1.10 bits per heavy atom. The summed E-state index contributed by atoms with van der Waals surface area (Å²) in [5.74, 6) is 0.479. The molecule has 30 heavy (non-hydrogen) atoms. The number of ether oxygens (including phenoxy) is 2. The van der Waals surface area contributed by atoms with E-state index < -0.39 is 5.92 Å². The summed E-state index contributed by atoms with van der Waals surface area (Å²) in [6.07, 6.45) is 0. The molecule has 1 saturated heterocycles. The van der Waals surface area contributed by atoms with Gasteiger partial charge in [0.15, 0.2) is 0 Å². The Morgan fingerprint density at radius 2 is 1.87 bits per heavy atom. The van der Waals surface area contributed by atoms with E-state index in [4.69, 9.17) is 21.1 Å². The quantitative estimate of drug-likeness (QED) is 0.758. The smallest absolute Gasteiger partial charge is 0.253 e. The molecule has 1 fully saturated rings. The van der Waals surface area contributed by atoms with Crippen molar-refractivity contribution in [2.75, 3.05) is 27.3 Å². The number of methoxy groups -OCH3 is 2. The highest BCUT2D eigenvalue weighted by Gasteiger charge is 2.42. The van der Waals surface area contributed by atoms with Gasteiger partial charge in [-0.3, -0.25) is 9.59 Å². The average Bonchev–Trinajstić information content (AvgIpc) is 3.17. The molecule has 0 unspecified atom stereocenters. The van der Waals surface area contributed by atoms with E-state index in [0.717, 1.165) is 5.56 Å². The van der Waals surface area contributed by atoms with Gasteiger partial charge in [-0.2, -0.15) is 0 Å². The summed E-state index contributed by atoms with van der Waals surface area (Å²) in [4.78, 5) is 27.8. The third kappa shape index (κ3) is 4.70. The van der Waals surface area contributed by atoms with Gasteiger partial charge in [0, 0.05) is 41.2 Å². The Hall–Kier alpha value is -2.73. The van der Waals surface area contributed by atoms with Gasteiger partial charge in [-0.15, -0.1) is 0 Å². The van der Waals surface area contributed by atoms with E-state index in [1.54, 1.807) is 43.4 Å². The Bertz CT molecular complexity index is 931. The van der Waals surface area contributed by atoms with Crippen molar-refractivity contribution in [1.29, 1.82) is 0 Å². The molecule has 1 N–H and O–H groups in total. The molecule has 2 aromatic rings. The van der Waals surface area contributed by atoms with Gasteiger partial charge in [0.25, 0.3) is 5.91 Å². The minimum absolute atomic E-state index is 0.00281. The summed E-state index contributed by atoms with van der Waals surface area (Å²) in [5.41, 5.74) is 1.35. The lowest BCUT2D eigenvalue weighted by atomic mass is 9.87. The lowest BCUT2D eigenvalue weighted by Crippen LogP contribution is -2.39. The van der Waals surface area contributed by atoms with E-state index >= 15 is 0 Å². The summed E-state index contributed by atoms with van der Waals surface area (Å²) >= 11 is 6.06. The van der Waals surface area contributed by atoms with Crippen LogP contribution < -0.4 is 14.8 Å². The monoisotopic (exact) mass is 430 g/mol. The predicted octanol–water partition coefficient (Wildman–Crippen LogP) is 3.74. The number of benzene rings is 2. The first-order valence-corrected chi connectivity index (χ1v) is 10.3. The van der Waals surface area contributed by atoms with Crippen LogP contribution in [0, 0.1) is 5.92 Å². The number of nitrogens with zero attached hydrogens (tertiary/aromatic N) is 1. The summed E-state index contributed by atoms with van der Waals surface area (Å²) < 4.78 is 10.9. The fourth-order valence-electron chi connectivity index (χ4n) is 3.88. The molecule has 0 spiro atoms. The fraction of sp³-hybridized carbons (Fsp3) is 0.391. The maximum atomic E-state index is 13.1. The van der Waals surface area contributed by atoms with Crippen LogP contribution in [0.4, 0.5) is 0 Å². The number of hydrogen-bond donors (Lipinski definition) is 1. The Morgan fingerprint density at radius 3 is 2.50 bits per heavy atom. The number of carbonyl (C=O) groups excluding carboxylic acids is 2. The molecule has 1 heterocycles. The van der Waals surface area contributed by atoms with Gasteiger partial charge in [-0.05, 0) is 50.2 Å². The fourth-order valence-corrected chi connectivity index (χ4v) is 4.07. The molecule has 1 aliphatic heterocycles. The van der Waals surface area contributed by atoms with Gasteiger partial charge in [0.2, 0.25) is 5.91 Å². The Kier molecular flexibility index (Phi) is 6.87. The van der Waals surface area contributed by atoms with Crippen LogP contribution >= 0.6 is 11.6 Å². The number of carbonyl (C=O) groups is 2. The third-order valence-corrected chi connectivity index (χ3v) is 5.52. The zero-order chi connectivity index (χ0) is 21.8. The lowest BCUT2D eigenvalue weighted by Gasteiger charge is -2.22. The largest absolute Gasteiger partial charge is 0.497 e. The maximum Gasteiger partial charge on any atom is 0.253 e. The van der Waals surface area contributed by atoms with E-state index in [9.17, 15) is 9.59 Å². The first kappa shape index (κ1) is 22.0. The predicted molar refractivity (Wildman–Crippen MR) is 116 cm³/mol. The minimum atomic E-state index is -0.406. The number of amides is 2. The molecule has 7 heteroatoms. The molecule has 2 aromatic carbocycles. The number of rotatable bonds is 6. The van der Waals surface area contributed by atoms with Gasteiger partial charge >= 0.3 is 0 Å². The normalized spacial score (nSPS) is 18.4. The maximum absolute atomic E-state index is 13.1. The summed E-state index contributed by atoms with van der Waals surface area (Å²) in [7, 11) is 3.19. The first-order valence-electron chi connectivity index (χ1n) is 9.91. The van der Waals surface area contributed by atoms with E-state index in [1.165, 1.54) is 0 Å². The number of nitrogens with one attached hydrogen (secondary N) is 1. The summed E-state index contributed by atoms with van der Waals surface area (Å²) in [6, 6.07) is 12.4. The average molecular weight is 431 g/mol.